The highest BCUT2D eigenvalue weighted by atomic mass is 35.5. The lowest BCUT2D eigenvalue weighted by atomic mass is 10.1. The second kappa shape index (κ2) is 10.1. The minimum atomic E-state index is -0.593. The van der Waals surface area contributed by atoms with Crippen LogP contribution in [0.5, 0.6) is 5.75 Å². The Morgan fingerprint density at radius 3 is 2.42 bits per heavy atom. The molecule has 0 unspecified atom stereocenters. The molecule has 0 atom stereocenters. The largest absolute Gasteiger partial charge is 0.489 e. The van der Waals surface area contributed by atoms with Crippen molar-refractivity contribution >= 4 is 74.9 Å². The van der Waals surface area contributed by atoms with Gasteiger partial charge in [0, 0.05) is 0 Å². The highest BCUT2D eigenvalue weighted by Gasteiger charge is 2.35. The summed E-state index contributed by atoms with van der Waals surface area (Å²) in [6.45, 7) is 0.412. The monoisotopic (exact) mass is 532 g/mol. The lowest BCUT2D eigenvalue weighted by Gasteiger charge is -2.29. The summed E-state index contributed by atoms with van der Waals surface area (Å²) in [5.74, 6) is -0.516. The van der Waals surface area contributed by atoms with Gasteiger partial charge in [-0.2, -0.15) is 0 Å². The van der Waals surface area contributed by atoms with E-state index in [4.69, 9.17) is 40.2 Å². The summed E-state index contributed by atoms with van der Waals surface area (Å²) in [5.41, 5.74) is 1.95. The zero-order valence-electron chi connectivity index (χ0n) is 18.7. The van der Waals surface area contributed by atoms with E-state index < -0.39 is 11.8 Å². The molecule has 0 saturated carbocycles. The molecule has 178 valence electrons. The number of hydrogen-bond donors (Lipinski definition) is 1. The zero-order valence-corrected chi connectivity index (χ0v) is 21.0. The minimum absolute atomic E-state index is 0.0662. The molecule has 2 amide bonds. The van der Waals surface area contributed by atoms with Gasteiger partial charge in [0.25, 0.3) is 11.8 Å². The Balaban J connectivity index is 1.35. The highest BCUT2D eigenvalue weighted by Crippen LogP contribution is 2.34. The Morgan fingerprint density at radius 1 is 0.889 bits per heavy atom. The number of carbonyl (C=O) groups is 2. The molecule has 0 bridgehead atoms. The van der Waals surface area contributed by atoms with Crippen molar-refractivity contribution in [3.63, 3.8) is 0 Å². The number of amides is 2. The first-order valence-electron chi connectivity index (χ1n) is 11.0. The third-order valence-corrected chi connectivity index (χ3v) is 6.83. The van der Waals surface area contributed by atoms with Crippen LogP contribution in [0.2, 0.25) is 10.0 Å². The van der Waals surface area contributed by atoms with E-state index in [-0.39, 0.29) is 20.7 Å². The number of fused-ring (bicyclic) bond motifs is 1. The molecule has 5 rings (SSSR count). The van der Waals surface area contributed by atoms with Crippen LogP contribution in [0.3, 0.4) is 0 Å². The average molecular weight is 533 g/mol. The lowest BCUT2D eigenvalue weighted by Crippen LogP contribution is -2.54. The first kappa shape index (κ1) is 24.0. The SMILES string of the molecule is O=C1NC(=S)N(c2cccc(Cl)c2Cl)C(=O)/C1=C/c1ccc(OCc2cccc3ccccc23)cc1. The number of benzene rings is 4. The van der Waals surface area contributed by atoms with Crippen molar-refractivity contribution in [2.45, 2.75) is 6.61 Å². The molecular weight excluding hydrogens is 515 g/mol. The van der Waals surface area contributed by atoms with Gasteiger partial charge in [-0.3, -0.25) is 19.8 Å². The third-order valence-electron chi connectivity index (χ3n) is 5.74. The van der Waals surface area contributed by atoms with Gasteiger partial charge in [0.05, 0.1) is 15.7 Å². The molecule has 1 saturated heterocycles. The predicted octanol–water partition coefficient (Wildman–Crippen LogP) is 6.56. The Hall–Kier alpha value is -3.71. The lowest BCUT2D eigenvalue weighted by molar-refractivity contribution is -0.122. The number of hydrogen-bond acceptors (Lipinski definition) is 4. The van der Waals surface area contributed by atoms with Crippen LogP contribution >= 0.6 is 35.4 Å². The summed E-state index contributed by atoms with van der Waals surface area (Å²) < 4.78 is 5.98. The number of halogens is 2. The maximum absolute atomic E-state index is 13.2. The molecule has 1 aliphatic rings. The van der Waals surface area contributed by atoms with Crippen molar-refractivity contribution in [2.24, 2.45) is 0 Å². The normalized spacial score (nSPS) is 14.9. The van der Waals surface area contributed by atoms with E-state index in [9.17, 15) is 9.59 Å². The quantitative estimate of drug-likeness (QED) is 0.179. The van der Waals surface area contributed by atoms with Gasteiger partial charge < -0.3 is 4.74 Å². The number of carbonyl (C=O) groups excluding carboxylic acids is 2. The highest BCUT2D eigenvalue weighted by molar-refractivity contribution is 7.80. The van der Waals surface area contributed by atoms with Gasteiger partial charge >= 0.3 is 0 Å². The van der Waals surface area contributed by atoms with Crippen molar-refractivity contribution in [1.29, 1.82) is 0 Å². The predicted molar refractivity (Wildman–Crippen MR) is 147 cm³/mol. The Kier molecular flexibility index (Phi) is 6.74. The second-order valence-corrected chi connectivity index (χ2v) is 9.20. The van der Waals surface area contributed by atoms with E-state index in [1.54, 1.807) is 42.5 Å². The van der Waals surface area contributed by atoms with E-state index in [2.05, 4.69) is 23.5 Å². The van der Waals surface area contributed by atoms with Crippen LogP contribution in [0, 0.1) is 0 Å². The molecule has 0 aliphatic carbocycles. The third kappa shape index (κ3) is 4.71. The van der Waals surface area contributed by atoms with Crippen LogP contribution in [0.25, 0.3) is 16.8 Å². The standard InChI is InChI=1S/C28H18Cl2N2O3S/c29-23-9-4-10-24(25(23)30)32-27(34)22(26(33)31-28(32)36)15-17-11-13-20(14-12-17)35-16-19-7-3-6-18-5-1-2-8-21(18)19/h1-15H,16H2,(H,31,33,36)/b22-15+. The number of ether oxygens (including phenoxy) is 1. The molecule has 4 aromatic rings. The van der Waals surface area contributed by atoms with Crippen LogP contribution in [0.1, 0.15) is 11.1 Å². The zero-order chi connectivity index (χ0) is 25.2. The van der Waals surface area contributed by atoms with Crippen molar-refractivity contribution < 1.29 is 14.3 Å². The summed E-state index contributed by atoms with van der Waals surface area (Å²) in [4.78, 5) is 27.0. The number of nitrogens with one attached hydrogen (secondary N) is 1. The van der Waals surface area contributed by atoms with E-state index >= 15 is 0 Å². The average Bonchev–Trinajstić information content (AvgIpc) is 2.88. The van der Waals surface area contributed by atoms with Gasteiger partial charge in [-0.25, -0.2) is 0 Å². The van der Waals surface area contributed by atoms with Gasteiger partial charge in [0.15, 0.2) is 5.11 Å². The number of nitrogens with zero attached hydrogens (tertiary/aromatic N) is 1. The molecule has 1 N–H and O–H groups in total. The topological polar surface area (TPSA) is 58.6 Å². The summed E-state index contributed by atoms with van der Waals surface area (Å²) in [5, 5.41) is 5.21. The van der Waals surface area contributed by atoms with Gasteiger partial charge in [0.1, 0.15) is 17.9 Å². The molecule has 1 aliphatic heterocycles. The number of anilines is 1. The molecule has 0 radical (unpaired) electrons. The Labute approximate surface area is 222 Å². The van der Waals surface area contributed by atoms with Crippen LogP contribution in [-0.4, -0.2) is 16.9 Å². The molecule has 4 aromatic carbocycles. The van der Waals surface area contributed by atoms with E-state index in [0.717, 1.165) is 16.3 Å². The van der Waals surface area contributed by atoms with Crippen molar-refractivity contribution in [3.05, 3.63) is 112 Å². The van der Waals surface area contributed by atoms with E-state index in [0.29, 0.717) is 23.6 Å². The Morgan fingerprint density at radius 2 is 1.61 bits per heavy atom. The minimum Gasteiger partial charge on any atom is -0.489 e. The first-order valence-corrected chi connectivity index (χ1v) is 12.1. The molecule has 1 fully saturated rings. The van der Waals surface area contributed by atoms with Crippen molar-refractivity contribution in [1.82, 2.24) is 5.32 Å². The smallest absolute Gasteiger partial charge is 0.270 e. The van der Waals surface area contributed by atoms with Gasteiger partial charge in [-0.1, -0.05) is 83.9 Å². The molecule has 0 aromatic heterocycles. The van der Waals surface area contributed by atoms with Crippen LogP contribution < -0.4 is 15.0 Å². The maximum atomic E-state index is 13.2. The number of rotatable bonds is 5. The summed E-state index contributed by atoms with van der Waals surface area (Å²) in [6, 6.07) is 26.2. The fourth-order valence-corrected chi connectivity index (χ4v) is 4.60. The van der Waals surface area contributed by atoms with Gasteiger partial charge in [-0.15, -0.1) is 0 Å². The summed E-state index contributed by atoms with van der Waals surface area (Å²) in [6.07, 6.45) is 1.50. The molecule has 0 spiro atoms. The van der Waals surface area contributed by atoms with Crippen molar-refractivity contribution in [3.8, 4) is 5.75 Å². The summed E-state index contributed by atoms with van der Waals surface area (Å²) in [7, 11) is 0. The van der Waals surface area contributed by atoms with E-state index in [1.807, 2.05) is 24.3 Å². The molecule has 8 heteroatoms. The van der Waals surface area contributed by atoms with Crippen LogP contribution in [-0.2, 0) is 16.2 Å². The molecule has 36 heavy (non-hydrogen) atoms. The fraction of sp³-hybridized carbons (Fsp3) is 0.0357. The fourth-order valence-electron chi connectivity index (χ4n) is 3.95. The van der Waals surface area contributed by atoms with Crippen LogP contribution in [0.4, 0.5) is 5.69 Å². The molecule has 1 heterocycles. The number of thiocarbonyl (C=S) groups is 1. The van der Waals surface area contributed by atoms with Gasteiger partial charge in [-0.05, 0) is 64.5 Å². The van der Waals surface area contributed by atoms with Gasteiger partial charge in [0.2, 0.25) is 0 Å². The first-order chi connectivity index (χ1) is 17.4. The Bertz CT molecular complexity index is 1550. The second-order valence-electron chi connectivity index (χ2n) is 8.03. The van der Waals surface area contributed by atoms with Crippen LogP contribution in [0.15, 0.2) is 90.5 Å². The molecule has 5 nitrogen and oxygen atoms in total. The van der Waals surface area contributed by atoms with E-state index in [1.165, 1.54) is 11.0 Å². The van der Waals surface area contributed by atoms with Crippen molar-refractivity contribution in [2.75, 3.05) is 4.90 Å². The summed E-state index contributed by atoms with van der Waals surface area (Å²) >= 11 is 17.6. The maximum Gasteiger partial charge on any atom is 0.270 e. The molecular formula is C28H18Cl2N2O3S.